The van der Waals surface area contributed by atoms with Crippen LogP contribution in [-0.4, -0.2) is 32.7 Å². The fraction of sp³-hybridized carbons (Fsp3) is 0.533. The van der Waals surface area contributed by atoms with Gasteiger partial charge in [0.15, 0.2) is 0 Å². The lowest BCUT2D eigenvalue weighted by atomic mass is 9.78. The molecule has 1 fully saturated rings. The molecule has 2 N–H and O–H groups in total. The largest absolute Gasteiger partial charge is 0.384 e. The van der Waals surface area contributed by atoms with Crippen molar-refractivity contribution in [3.8, 4) is 0 Å². The van der Waals surface area contributed by atoms with Crippen LogP contribution >= 0.6 is 24.0 Å². The van der Waals surface area contributed by atoms with Gasteiger partial charge in [0.1, 0.15) is 0 Å². The molecule has 0 aliphatic carbocycles. The van der Waals surface area contributed by atoms with E-state index in [0.717, 1.165) is 37.2 Å². The molecule has 0 atom stereocenters. The van der Waals surface area contributed by atoms with Crippen molar-refractivity contribution in [1.29, 1.82) is 0 Å². The van der Waals surface area contributed by atoms with E-state index < -0.39 is 5.41 Å². The summed E-state index contributed by atoms with van der Waals surface area (Å²) in [4.78, 5) is 12.7. The number of carbonyl (C=O) groups excluding carboxylic acids is 1. The minimum atomic E-state index is -0.450. The molecule has 6 heteroatoms. The Labute approximate surface area is 137 Å². The van der Waals surface area contributed by atoms with Gasteiger partial charge in [0.05, 0.1) is 12.0 Å². The number of rotatable bonds is 4. The Hall–Kier alpha value is -0.810. The first kappa shape index (κ1) is 18.2. The van der Waals surface area contributed by atoms with Crippen LogP contribution < -0.4 is 10.6 Å². The lowest BCUT2D eigenvalue weighted by Gasteiger charge is -2.35. The van der Waals surface area contributed by atoms with Crippen molar-refractivity contribution < 1.29 is 9.53 Å². The van der Waals surface area contributed by atoms with E-state index in [4.69, 9.17) is 16.3 Å². The Morgan fingerprint density at radius 2 is 2.10 bits per heavy atom. The van der Waals surface area contributed by atoms with Crippen LogP contribution in [0.2, 0.25) is 5.02 Å². The maximum atomic E-state index is 12.7. The first-order chi connectivity index (χ1) is 9.59. The second kappa shape index (κ2) is 7.99. The van der Waals surface area contributed by atoms with Crippen LogP contribution in [0.4, 0.5) is 5.69 Å². The SMILES string of the molecule is COCC1(C(=O)Nc2cccc(Cl)c2C)CCNCC1.Cl. The van der Waals surface area contributed by atoms with Crippen molar-refractivity contribution >= 4 is 35.6 Å². The Bertz CT molecular complexity index is 483. The molecule has 0 saturated carbocycles. The third-order valence-corrected chi connectivity index (χ3v) is 4.39. The van der Waals surface area contributed by atoms with Crippen LogP contribution in [0.1, 0.15) is 18.4 Å². The normalized spacial score (nSPS) is 16.9. The van der Waals surface area contributed by atoms with E-state index in [2.05, 4.69) is 10.6 Å². The number of hydrogen-bond donors (Lipinski definition) is 2. The zero-order valence-electron chi connectivity index (χ0n) is 12.4. The van der Waals surface area contributed by atoms with E-state index in [-0.39, 0.29) is 18.3 Å². The van der Waals surface area contributed by atoms with Gasteiger partial charge in [0, 0.05) is 17.8 Å². The van der Waals surface area contributed by atoms with Gasteiger partial charge >= 0.3 is 0 Å². The van der Waals surface area contributed by atoms with Crippen molar-refractivity contribution in [1.82, 2.24) is 5.32 Å². The number of benzene rings is 1. The predicted octanol–water partition coefficient (Wildman–Crippen LogP) is 3.02. The molecule has 1 amide bonds. The third kappa shape index (κ3) is 4.10. The van der Waals surface area contributed by atoms with Crippen LogP contribution in [0.3, 0.4) is 0 Å². The van der Waals surface area contributed by atoms with E-state index in [1.165, 1.54) is 0 Å². The number of nitrogens with one attached hydrogen (secondary N) is 2. The summed E-state index contributed by atoms with van der Waals surface area (Å²) in [7, 11) is 1.64. The maximum absolute atomic E-state index is 12.7. The monoisotopic (exact) mass is 332 g/mol. The van der Waals surface area contributed by atoms with E-state index in [1.807, 2.05) is 25.1 Å². The highest BCUT2D eigenvalue weighted by atomic mass is 35.5. The molecule has 1 aliphatic heterocycles. The maximum Gasteiger partial charge on any atom is 0.233 e. The zero-order valence-corrected chi connectivity index (χ0v) is 13.9. The van der Waals surface area contributed by atoms with Crippen LogP contribution in [0, 0.1) is 12.3 Å². The van der Waals surface area contributed by atoms with Crippen molar-refractivity contribution in [2.75, 3.05) is 32.1 Å². The molecule has 1 aromatic rings. The zero-order chi connectivity index (χ0) is 14.6. The molecule has 118 valence electrons. The molecule has 4 nitrogen and oxygen atoms in total. The van der Waals surface area contributed by atoms with Crippen molar-refractivity contribution in [2.24, 2.45) is 5.41 Å². The Morgan fingerprint density at radius 3 is 2.71 bits per heavy atom. The summed E-state index contributed by atoms with van der Waals surface area (Å²) in [6, 6.07) is 5.54. The van der Waals surface area contributed by atoms with Gasteiger partial charge in [0.2, 0.25) is 5.91 Å². The number of ether oxygens (including phenoxy) is 1. The van der Waals surface area contributed by atoms with Gasteiger partial charge in [-0.3, -0.25) is 4.79 Å². The topological polar surface area (TPSA) is 50.4 Å². The Kier molecular flexibility index (Phi) is 6.94. The smallest absolute Gasteiger partial charge is 0.233 e. The lowest BCUT2D eigenvalue weighted by molar-refractivity contribution is -0.130. The fourth-order valence-electron chi connectivity index (χ4n) is 2.62. The van der Waals surface area contributed by atoms with E-state index in [1.54, 1.807) is 7.11 Å². The summed E-state index contributed by atoms with van der Waals surface area (Å²) in [5, 5.41) is 6.96. The number of methoxy groups -OCH3 is 1. The second-order valence-corrected chi connectivity index (χ2v) is 5.74. The number of anilines is 1. The minimum absolute atomic E-state index is 0. The van der Waals surface area contributed by atoms with Gasteiger partial charge in [-0.15, -0.1) is 12.4 Å². The third-order valence-electron chi connectivity index (χ3n) is 3.98. The van der Waals surface area contributed by atoms with Gasteiger partial charge < -0.3 is 15.4 Å². The van der Waals surface area contributed by atoms with E-state index >= 15 is 0 Å². The quantitative estimate of drug-likeness (QED) is 0.891. The summed E-state index contributed by atoms with van der Waals surface area (Å²) in [6.07, 6.45) is 1.57. The average molecular weight is 333 g/mol. The Morgan fingerprint density at radius 1 is 1.43 bits per heavy atom. The Balaban J connectivity index is 0.00000220. The van der Waals surface area contributed by atoms with Crippen LogP contribution in [0.25, 0.3) is 0 Å². The number of piperidine rings is 1. The first-order valence-corrected chi connectivity index (χ1v) is 7.23. The van der Waals surface area contributed by atoms with Crippen LogP contribution in [0.15, 0.2) is 18.2 Å². The molecule has 0 bridgehead atoms. The van der Waals surface area contributed by atoms with Gasteiger partial charge in [-0.25, -0.2) is 0 Å². The molecular formula is C15H22Cl2N2O2. The minimum Gasteiger partial charge on any atom is -0.384 e. The highest BCUT2D eigenvalue weighted by Gasteiger charge is 2.39. The molecule has 1 aromatic carbocycles. The van der Waals surface area contributed by atoms with Crippen LogP contribution in [-0.2, 0) is 9.53 Å². The fourth-order valence-corrected chi connectivity index (χ4v) is 2.79. The molecule has 21 heavy (non-hydrogen) atoms. The highest BCUT2D eigenvalue weighted by molar-refractivity contribution is 6.31. The van der Waals surface area contributed by atoms with E-state index in [9.17, 15) is 4.79 Å². The summed E-state index contributed by atoms with van der Waals surface area (Å²) >= 11 is 6.09. The van der Waals surface area contributed by atoms with Crippen molar-refractivity contribution in [3.63, 3.8) is 0 Å². The summed E-state index contributed by atoms with van der Waals surface area (Å²) in [5.41, 5.74) is 1.22. The van der Waals surface area contributed by atoms with E-state index in [0.29, 0.717) is 11.6 Å². The standard InChI is InChI=1S/C15H21ClN2O2.ClH/c1-11-12(16)4-3-5-13(11)18-14(19)15(10-20-2)6-8-17-9-7-15;/h3-5,17H,6-10H2,1-2H3,(H,18,19);1H. The summed E-state index contributed by atoms with van der Waals surface area (Å²) in [6.45, 7) is 4.03. The number of amides is 1. The van der Waals surface area contributed by atoms with Crippen LogP contribution in [0.5, 0.6) is 0 Å². The molecule has 1 saturated heterocycles. The molecule has 2 rings (SSSR count). The number of hydrogen-bond acceptors (Lipinski definition) is 3. The molecular weight excluding hydrogens is 311 g/mol. The van der Waals surface area contributed by atoms with Gasteiger partial charge in [-0.1, -0.05) is 17.7 Å². The van der Waals surface area contributed by atoms with Gasteiger partial charge in [-0.2, -0.15) is 0 Å². The molecule has 0 radical (unpaired) electrons. The summed E-state index contributed by atoms with van der Waals surface area (Å²) in [5.74, 6) is 0.0196. The first-order valence-electron chi connectivity index (χ1n) is 6.85. The number of halogens is 2. The lowest BCUT2D eigenvalue weighted by Crippen LogP contribution is -2.47. The van der Waals surface area contributed by atoms with Crippen molar-refractivity contribution in [3.05, 3.63) is 28.8 Å². The summed E-state index contributed by atoms with van der Waals surface area (Å²) < 4.78 is 5.28. The molecule has 1 heterocycles. The van der Waals surface area contributed by atoms with Gasteiger partial charge in [0.25, 0.3) is 0 Å². The van der Waals surface area contributed by atoms with Gasteiger partial charge in [-0.05, 0) is 50.6 Å². The highest BCUT2D eigenvalue weighted by Crippen LogP contribution is 2.32. The average Bonchev–Trinajstić information content (AvgIpc) is 2.45. The second-order valence-electron chi connectivity index (χ2n) is 5.33. The molecule has 1 aliphatic rings. The molecule has 0 unspecified atom stereocenters. The number of carbonyl (C=O) groups is 1. The van der Waals surface area contributed by atoms with Crippen molar-refractivity contribution in [2.45, 2.75) is 19.8 Å². The molecule has 0 aromatic heterocycles. The molecule has 0 spiro atoms. The predicted molar refractivity (Wildman–Crippen MR) is 88.5 cm³/mol.